The van der Waals surface area contributed by atoms with Crippen molar-refractivity contribution in [2.75, 3.05) is 50.7 Å². The Kier molecular flexibility index (Phi) is 8.71. The number of allylic oxidation sites excluding steroid dienone is 1. The van der Waals surface area contributed by atoms with Crippen LogP contribution in [-0.2, 0) is 19.8 Å². The van der Waals surface area contributed by atoms with Gasteiger partial charge in [0.25, 0.3) is 0 Å². The molecule has 2 aliphatic heterocycles. The fourth-order valence-corrected chi connectivity index (χ4v) is 5.38. The Morgan fingerprint density at radius 2 is 2.00 bits per heavy atom. The number of carbonyl (C=O) groups excluding carboxylic acids is 1. The van der Waals surface area contributed by atoms with Gasteiger partial charge >= 0.3 is 6.09 Å². The van der Waals surface area contributed by atoms with E-state index < -0.39 is 28.9 Å². The Labute approximate surface area is 247 Å². The zero-order valence-corrected chi connectivity index (χ0v) is 24.0. The zero-order valence-electron chi connectivity index (χ0n) is 24.0. The van der Waals surface area contributed by atoms with Gasteiger partial charge in [0.1, 0.15) is 17.2 Å². The average molecular weight is 597 g/mol. The number of piperidine rings is 1. The number of amides is 1. The second-order valence-corrected chi connectivity index (χ2v) is 10.7. The van der Waals surface area contributed by atoms with E-state index in [0.29, 0.717) is 36.0 Å². The van der Waals surface area contributed by atoms with Crippen LogP contribution in [0.3, 0.4) is 0 Å². The number of aromatic nitrogens is 3. The highest BCUT2D eigenvalue weighted by Gasteiger charge is 2.41. The number of pyridine rings is 1. The number of imidazole rings is 1. The van der Waals surface area contributed by atoms with E-state index in [9.17, 15) is 13.6 Å². The molecule has 2 aromatic heterocycles. The van der Waals surface area contributed by atoms with E-state index in [1.54, 1.807) is 12.4 Å². The van der Waals surface area contributed by atoms with E-state index in [-0.39, 0.29) is 36.9 Å². The fourth-order valence-electron chi connectivity index (χ4n) is 5.38. The van der Waals surface area contributed by atoms with Crippen molar-refractivity contribution in [3.63, 3.8) is 0 Å². The molecule has 0 saturated carbocycles. The normalized spacial score (nSPS) is 21.3. The van der Waals surface area contributed by atoms with Crippen LogP contribution in [0.15, 0.2) is 42.9 Å². The van der Waals surface area contributed by atoms with Gasteiger partial charge in [0, 0.05) is 32.4 Å². The number of rotatable bonds is 9. The number of hydrogen-bond donors (Lipinski definition) is 5. The lowest BCUT2D eigenvalue weighted by molar-refractivity contribution is -0.202. The predicted molar refractivity (Wildman–Crippen MR) is 157 cm³/mol. The lowest BCUT2D eigenvalue weighted by Crippen LogP contribution is -2.62. The number of halogens is 2. The quantitative estimate of drug-likeness (QED) is 0.233. The van der Waals surface area contributed by atoms with Crippen LogP contribution in [0.1, 0.15) is 23.7 Å². The van der Waals surface area contributed by atoms with Gasteiger partial charge in [-0.2, -0.15) is 0 Å². The molecule has 2 fully saturated rings. The highest BCUT2D eigenvalue weighted by atomic mass is 19.1. The molecule has 3 aromatic rings. The monoisotopic (exact) mass is 596 g/mol. The van der Waals surface area contributed by atoms with Crippen molar-refractivity contribution in [1.82, 2.24) is 20.3 Å². The second-order valence-electron chi connectivity index (χ2n) is 10.7. The van der Waals surface area contributed by atoms with Crippen molar-refractivity contribution in [3.05, 3.63) is 71.3 Å². The molecule has 4 heterocycles. The third-order valence-electron chi connectivity index (χ3n) is 7.80. The molecule has 228 valence electrons. The summed E-state index contributed by atoms with van der Waals surface area (Å²) in [5.74, 6) is -1.28. The number of nitrogens with one attached hydrogen (secondary N) is 4. The number of nitrogens with two attached hydrogens (primary N) is 1. The molecule has 0 bridgehead atoms. The van der Waals surface area contributed by atoms with Crippen molar-refractivity contribution in [2.24, 2.45) is 11.7 Å². The standard InChI is InChI=1S/C29H34F2N8O4/c1-16-12-39(13-22(33)26(16)38-28(40)41-2)24-6-7-34-11-23(24)37-27-35-10-18(36-27)4-5-21(32)25-19(30)8-17(9-20(25)31)29(42-3)14-43-15-29/h4-11,16,22,26,32H,12-15,33H2,1-3H3,(H,38,40)(H2,35,36,37)/b5-4-,32-21?. The molecule has 12 nitrogen and oxygen atoms in total. The van der Waals surface area contributed by atoms with Gasteiger partial charge in [0.2, 0.25) is 5.95 Å². The summed E-state index contributed by atoms with van der Waals surface area (Å²) < 4.78 is 45.1. The average Bonchev–Trinajstić information content (AvgIpc) is 3.40. The van der Waals surface area contributed by atoms with Crippen LogP contribution in [-0.4, -0.2) is 79.4 Å². The number of anilines is 3. The van der Waals surface area contributed by atoms with Crippen LogP contribution in [0.2, 0.25) is 0 Å². The molecule has 43 heavy (non-hydrogen) atoms. The minimum atomic E-state index is -0.881. The molecule has 2 aliphatic rings. The van der Waals surface area contributed by atoms with Gasteiger partial charge in [0.15, 0.2) is 0 Å². The topological polar surface area (TPSA) is 164 Å². The minimum absolute atomic E-state index is 0.0405. The third kappa shape index (κ3) is 6.21. The molecule has 0 aliphatic carbocycles. The predicted octanol–water partition coefficient (Wildman–Crippen LogP) is 3.29. The summed E-state index contributed by atoms with van der Waals surface area (Å²) in [6, 6.07) is 3.66. The number of nitrogens with zero attached hydrogens (tertiary/aromatic N) is 3. The molecular formula is C29H34F2N8O4. The lowest BCUT2D eigenvalue weighted by atomic mass is 9.90. The molecule has 1 amide bonds. The van der Waals surface area contributed by atoms with E-state index >= 15 is 0 Å². The number of carbonyl (C=O) groups is 1. The van der Waals surface area contributed by atoms with Gasteiger partial charge in [0.05, 0.1) is 67.1 Å². The molecular weight excluding hydrogens is 562 g/mol. The maximum absolute atomic E-state index is 14.9. The molecule has 3 unspecified atom stereocenters. The van der Waals surface area contributed by atoms with E-state index in [1.165, 1.54) is 44.7 Å². The molecule has 1 aromatic carbocycles. The fraction of sp³-hybridized carbons (Fsp3) is 0.379. The van der Waals surface area contributed by atoms with E-state index in [4.69, 9.17) is 25.4 Å². The molecule has 2 saturated heterocycles. The van der Waals surface area contributed by atoms with Gasteiger partial charge in [-0.15, -0.1) is 0 Å². The van der Waals surface area contributed by atoms with E-state index in [0.717, 1.165) is 5.69 Å². The molecule has 0 radical (unpaired) electrons. The van der Waals surface area contributed by atoms with Crippen molar-refractivity contribution in [3.8, 4) is 0 Å². The van der Waals surface area contributed by atoms with Gasteiger partial charge in [-0.3, -0.25) is 4.98 Å². The van der Waals surface area contributed by atoms with Crippen molar-refractivity contribution in [1.29, 1.82) is 5.41 Å². The second kappa shape index (κ2) is 12.5. The van der Waals surface area contributed by atoms with Gasteiger partial charge < -0.3 is 45.9 Å². The summed E-state index contributed by atoms with van der Waals surface area (Å²) in [5.41, 5.74) is 7.11. The summed E-state index contributed by atoms with van der Waals surface area (Å²) >= 11 is 0. The first-order chi connectivity index (χ1) is 20.6. The summed E-state index contributed by atoms with van der Waals surface area (Å²) in [7, 11) is 2.78. The number of ether oxygens (including phenoxy) is 3. The van der Waals surface area contributed by atoms with Crippen LogP contribution in [0.4, 0.5) is 30.9 Å². The van der Waals surface area contributed by atoms with Crippen LogP contribution in [0.5, 0.6) is 0 Å². The molecule has 0 spiro atoms. The summed E-state index contributed by atoms with van der Waals surface area (Å²) in [6.07, 6.45) is 7.15. The first kappa shape index (κ1) is 30.1. The molecule has 3 atom stereocenters. The zero-order chi connectivity index (χ0) is 30.7. The van der Waals surface area contributed by atoms with Crippen LogP contribution >= 0.6 is 0 Å². The number of methoxy groups -OCH3 is 2. The van der Waals surface area contributed by atoms with Gasteiger partial charge in [-0.25, -0.2) is 18.6 Å². The molecule has 5 rings (SSSR count). The number of H-pyrrole nitrogens is 1. The van der Waals surface area contributed by atoms with Crippen molar-refractivity contribution < 1.29 is 27.8 Å². The Hall–Kier alpha value is -4.40. The van der Waals surface area contributed by atoms with E-state index in [2.05, 4.69) is 30.5 Å². The maximum Gasteiger partial charge on any atom is 0.407 e. The van der Waals surface area contributed by atoms with Crippen LogP contribution in [0, 0.1) is 23.0 Å². The van der Waals surface area contributed by atoms with Crippen LogP contribution < -0.4 is 21.3 Å². The van der Waals surface area contributed by atoms with Gasteiger partial charge in [-0.1, -0.05) is 6.92 Å². The lowest BCUT2D eigenvalue weighted by Gasteiger charge is -2.42. The summed E-state index contributed by atoms with van der Waals surface area (Å²) in [4.78, 5) is 25.5. The number of alkyl carbamates (subject to hydrolysis) is 1. The van der Waals surface area contributed by atoms with Crippen molar-refractivity contribution >= 4 is 35.2 Å². The Bertz CT molecular complexity index is 1490. The largest absolute Gasteiger partial charge is 0.453 e. The number of benzene rings is 1. The van der Waals surface area contributed by atoms with Crippen LogP contribution in [0.25, 0.3) is 6.08 Å². The number of aromatic amines is 1. The highest BCUT2D eigenvalue weighted by molar-refractivity contribution is 6.09. The summed E-state index contributed by atoms with van der Waals surface area (Å²) in [5, 5.41) is 14.3. The van der Waals surface area contributed by atoms with Gasteiger partial charge in [-0.05, 0) is 41.8 Å². The maximum atomic E-state index is 14.9. The van der Waals surface area contributed by atoms with Crippen molar-refractivity contribution in [2.45, 2.75) is 24.6 Å². The smallest absolute Gasteiger partial charge is 0.407 e. The Morgan fingerprint density at radius 3 is 2.63 bits per heavy atom. The first-order valence-electron chi connectivity index (χ1n) is 13.6. The Balaban J connectivity index is 1.26. The minimum Gasteiger partial charge on any atom is -0.453 e. The third-order valence-corrected chi connectivity index (χ3v) is 7.80. The molecule has 14 heteroatoms. The number of hydrogen-bond acceptors (Lipinski definition) is 10. The highest BCUT2D eigenvalue weighted by Crippen LogP contribution is 2.35. The Morgan fingerprint density at radius 1 is 1.26 bits per heavy atom. The SMILES string of the molecule is COC(=O)NC1C(C)CN(c2ccncc2Nc2ncc(/C=C\C(=N)c3c(F)cc(C4(OC)COC4)cc3F)[nH]2)CC1N. The first-order valence-corrected chi connectivity index (χ1v) is 13.6. The van der Waals surface area contributed by atoms with E-state index in [1.807, 2.05) is 13.0 Å². The summed E-state index contributed by atoms with van der Waals surface area (Å²) in [6.45, 7) is 3.53. The molecule has 6 N–H and O–H groups in total.